The number of hydrogen-bond donors (Lipinski definition) is 1. The fourth-order valence-electron chi connectivity index (χ4n) is 5.19. The summed E-state index contributed by atoms with van der Waals surface area (Å²) in [6.07, 6.45) is 4.89. The number of ether oxygens (including phenoxy) is 1. The lowest BCUT2D eigenvalue weighted by Crippen LogP contribution is -2.45. The van der Waals surface area contributed by atoms with Gasteiger partial charge in [-0.15, -0.1) is 0 Å². The number of anilines is 1. The van der Waals surface area contributed by atoms with Crippen LogP contribution in [-0.4, -0.2) is 64.7 Å². The van der Waals surface area contributed by atoms with Gasteiger partial charge in [-0.1, -0.05) is 0 Å². The quantitative estimate of drug-likeness (QED) is 0.772. The highest BCUT2D eigenvalue weighted by Crippen LogP contribution is 2.44. The average molecular weight is 422 g/mol. The fourth-order valence-corrected chi connectivity index (χ4v) is 5.19. The molecule has 31 heavy (non-hydrogen) atoms. The number of likely N-dealkylation sites (tertiary alicyclic amines) is 1. The van der Waals surface area contributed by atoms with Crippen molar-refractivity contribution in [3.8, 4) is 6.07 Å². The molecule has 162 valence electrons. The molecule has 4 heterocycles. The molecule has 9 nitrogen and oxygen atoms in total. The van der Waals surface area contributed by atoms with Gasteiger partial charge in [0.2, 0.25) is 5.95 Å². The van der Waals surface area contributed by atoms with Crippen molar-refractivity contribution < 1.29 is 9.53 Å². The molecule has 2 fully saturated rings. The van der Waals surface area contributed by atoms with E-state index in [1.165, 1.54) is 0 Å². The predicted octanol–water partition coefficient (Wildman–Crippen LogP) is 0.937. The number of aromatic amines is 1. The van der Waals surface area contributed by atoms with Crippen LogP contribution in [0.15, 0.2) is 17.1 Å². The van der Waals surface area contributed by atoms with Gasteiger partial charge in [0.05, 0.1) is 24.5 Å². The largest absolute Gasteiger partial charge is 0.378 e. The van der Waals surface area contributed by atoms with Crippen LogP contribution < -0.4 is 10.5 Å². The van der Waals surface area contributed by atoms with E-state index in [0.717, 1.165) is 50.0 Å². The van der Waals surface area contributed by atoms with E-state index < -0.39 is 0 Å². The second-order valence-electron chi connectivity index (χ2n) is 8.73. The number of piperidine rings is 1. The average Bonchev–Trinajstić information content (AvgIpc) is 3.35. The van der Waals surface area contributed by atoms with Gasteiger partial charge < -0.3 is 19.1 Å². The summed E-state index contributed by atoms with van der Waals surface area (Å²) in [6.45, 7) is 3.95. The number of fused-ring (bicyclic) bond motifs is 2. The van der Waals surface area contributed by atoms with E-state index in [0.29, 0.717) is 43.5 Å². The van der Waals surface area contributed by atoms with Crippen molar-refractivity contribution in [2.24, 2.45) is 7.05 Å². The zero-order chi connectivity index (χ0) is 21.6. The molecule has 0 saturated carbocycles. The lowest BCUT2D eigenvalue weighted by molar-refractivity contribution is 0.0654. The highest BCUT2D eigenvalue weighted by molar-refractivity contribution is 5.93. The molecule has 9 heteroatoms. The summed E-state index contributed by atoms with van der Waals surface area (Å²) in [7, 11) is 1.79. The van der Waals surface area contributed by atoms with Crippen LogP contribution in [0.3, 0.4) is 0 Å². The Morgan fingerprint density at radius 2 is 1.97 bits per heavy atom. The van der Waals surface area contributed by atoms with Crippen LogP contribution in [0.4, 0.5) is 5.95 Å². The molecular weight excluding hydrogens is 396 g/mol. The van der Waals surface area contributed by atoms with E-state index in [1.54, 1.807) is 23.9 Å². The standard InChI is InChI=1S/C22H26N6O3/c1-26-14-15(13-23)12-17(26)20(30)27-6-4-22(5-7-27)3-2-16-18(22)24-21(25-19(16)29)28-8-10-31-11-9-28/h12,14H,2-11H2,1H3,(H,24,25,29). The molecule has 2 aromatic heterocycles. The van der Waals surface area contributed by atoms with Crippen molar-refractivity contribution in [2.75, 3.05) is 44.3 Å². The van der Waals surface area contributed by atoms with Crippen LogP contribution in [0, 0.1) is 11.3 Å². The summed E-state index contributed by atoms with van der Waals surface area (Å²) in [4.78, 5) is 37.7. The summed E-state index contributed by atoms with van der Waals surface area (Å²) in [6, 6.07) is 3.74. The SMILES string of the molecule is Cn1cc(C#N)cc1C(=O)N1CCC2(CCc3c2nc(N2CCOCC2)[nH]c3=O)CC1. The number of rotatable bonds is 2. The van der Waals surface area contributed by atoms with Gasteiger partial charge in [0.25, 0.3) is 11.5 Å². The number of nitriles is 1. The monoisotopic (exact) mass is 422 g/mol. The molecule has 0 unspecified atom stereocenters. The topological polar surface area (TPSA) is 107 Å². The number of nitrogens with one attached hydrogen (secondary N) is 1. The lowest BCUT2D eigenvalue weighted by Gasteiger charge is -2.39. The van der Waals surface area contributed by atoms with Crippen LogP contribution in [0.1, 0.15) is 46.6 Å². The molecule has 0 bridgehead atoms. The van der Waals surface area contributed by atoms with Crippen LogP contribution in [0.25, 0.3) is 0 Å². The Morgan fingerprint density at radius 3 is 2.65 bits per heavy atom. The Morgan fingerprint density at radius 1 is 1.23 bits per heavy atom. The Kier molecular flexibility index (Phi) is 4.82. The van der Waals surface area contributed by atoms with Crippen molar-refractivity contribution in [1.29, 1.82) is 5.26 Å². The summed E-state index contributed by atoms with van der Waals surface area (Å²) in [5.41, 5.74) is 2.57. The van der Waals surface area contributed by atoms with E-state index in [2.05, 4.69) is 16.0 Å². The van der Waals surface area contributed by atoms with E-state index in [9.17, 15) is 9.59 Å². The van der Waals surface area contributed by atoms with Crippen molar-refractivity contribution in [1.82, 2.24) is 19.4 Å². The summed E-state index contributed by atoms with van der Waals surface area (Å²) >= 11 is 0. The molecule has 2 aliphatic heterocycles. The third-order valence-corrected chi connectivity index (χ3v) is 7.03. The molecule has 0 aromatic carbocycles. The zero-order valence-electron chi connectivity index (χ0n) is 17.7. The van der Waals surface area contributed by atoms with Crippen LogP contribution in [-0.2, 0) is 23.6 Å². The molecule has 0 atom stereocenters. The first kappa shape index (κ1) is 19.8. The maximum absolute atomic E-state index is 13.0. The first-order valence-electron chi connectivity index (χ1n) is 10.8. The smallest absolute Gasteiger partial charge is 0.270 e. The molecule has 1 amide bonds. The summed E-state index contributed by atoms with van der Waals surface area (Å²) in [5, 5.41) is 9.11. The molecule has 1 N–H and O–H groups in total. The number of H-pyrrole nitrogens is 1. The number of morpholine rings is 1. The first-order chi connectivity index (χ1) is 15.0. The van der Waals surface area contributed by atoms with Crippen molar-refractivity contribution in [3.05, 3.63) is 45.1 Å². The third kappa shape index (κ3) is 3.31. The third-order valence-electron chi connectivity index (χ3n) is 7.03. The van der Waals surface area contributed by atoms with Crippen molar-refractivity contribution in [2.45, 2.75) is 31.1 Å². The van der Waals surface area contributed by atoms with Gasteiger partial charge in [-0.3, -0.25) is 14.6 Å². The highest BCUT2D eigenvalue weighted by Gasteiger charge is 2.45. The van der Waals surface area contributed by atoms with Gasteiger partial charge in [-0.2, -0.15) is 5.26 Å². The summed E-state index contributed by atoms with van der Waals surface area (Å²) < 4.78 is 7.14. The lowest BCUT2D eigenvalue weighted by atomic mass is 9.76. The minimum Gasteiger partial charge on any atom is -0.378 e. The second kappa shape index (κ2) is 7.54. The Hall–Kier alpha value is -3.12. The van der Waals surface area contributed by atoms with Crippen molar-refractivity contribution in [3.63, 3.8) is 0 Å². The second-order valence-corrected chi connectivity index (χ2v) is 8.73. The van der Waals surface area contributed by atoms with Crippen LogP contribution >= 0.6 is 0 Å². The highest BCUT2D eigenvalue weighted by atomic mass is 16.5. The predicted molar refractivity (Wildman–Crippen MR) is 113 cm³/mol. The van der Waals surface area contributed by atoms with Crippen LogP contribution in [0.5, 0.6) is 0 Å². The fraction of sp³-hybridized carbons (Fsp3) is 0.545. The van der Waals surface area contributed by atoms with E-state index in [4.69, 9.17) is 15.0 Å². The van der Waals surface area contributed by atoms with Gasteiger partial charge in [0, 0.05) is 50.4 Å². The van der Waals surface area contributed by atoms with Gasteiger partial charge in [0.15, 0.2) is 0 Å². The number of aryl methyl sites for hydroxylation is 1. The minimum atomic E-state index is -0.145. The molecule has 0 radical (unpaired) electrons. The molecule has 3 aliphatic rings. The number of carbonyl (C=O) groups is 1. The Bertz CT molecular complexity index is 1110. The maximum atomic E-state index is 13.0. The maximum Gasteiger partial charge on any atom is 0.270 e. The van der Waals surface area contributed by atoms with Crippen LogP contribution in [0.2, 0.25) is 0 Å². The molecule has 2 saturated heterocycles. The minimum absolute atomic E-state index is 0.0327. The molecule has 1 aliphatic carbocycles. The molecule has 5 rings (SSSR count). The molecule has 1 spiro atoms. The van der Waals surface area contributed by atoms with Gasteiger partial charge in [-0.25, -0.2) is 4.98 Å². The number of hydrogen-bond acceptors (Lipinski definition) is 6. The van der Waals surface area contributed by atoms with Gasteiger partial charge in [0.1, 0.15) is 11.8 Å². The summed E-state index contributed by atoms with van der Waals surface area (Å²) in [5.74, 6) is 0.588. The Labute approximate surface area is 180 Å². The van der Waals surface area contributed by atoms with E-state index in [1.807, 2.05) is 4.90 Å². The Balaban J connectivity index is 1.37. The zero-order valence-corrected chi connectivity index (χ0v) is 17.7. The number of nitrogens with zero attached hydrogens (tertiary/aromatic N) is 5. The van der Waals surface area contributed by atoms with Crippen molar-refractivity contribution >= 4 is 11.9 Å². The van der Waals surface area contributed by atoms with Gasteiger partial charge in [-0.05, 0) is 31.7 Å². The number of carbonyl (C=O) groups excluding carboxylic acids is 1. The van der Waals surface area contributed by atoms with E-state index in [-0.39, 0.29) is 16.9 Å². The molecular formula is C22H26N6O3. The number of amides is 1. The first-order valence-corrected chi connectivity index (χ1v) is 10.8. The van der Waals surface area contributed by atoms with E-state index >= 15 is 0 Å². The number of aromatic nitrogens is 3. The van der Waals surface area contributed by atoms with Gasteiger partial charge >= 0.3 is 0 Å². The molecule has 2 aromatic rings. The normalized spacial score (nSPS) is 20.0.